The zero-order valence-corrected chi connectivity index (χ0v) is 19.2. The van der Waals surface area contributed by atoms with Crippen molar-refractivity contribution in [2.75, 3.05) is 19.0 Å². The van der Waals surface area contributed by atoms with Crippen molar-refractivity contribution in [1.82, 2.24) is 5.43 Å². The molecular weight excluding hydrogens is 492 g/mol. The molecule has 0 heterocycles. The Morgan fingerprint density at radius 1 is 1.15 bits per heavy atom. The number of nitrogens with zero attached hydrogens (tertiary/aromatic N) is 2. The maximum atomic E-state index is 12.0. The Morgan fingerprint density at radius 3 is 2.55 bits per heavy atom. The summed E-state index contributed by atoms with van der Waals surface area (Å²) in [6, 6.07) is 19.0. The van der Waals surface area contributed by atoms with Crippen LogP contribution in [0.15, 0.2) is 76.3 Å². The highest BCUT2D eigenvalue weighted by Crippen LogP contribution is 2.37. The van der Waals surface area contributed by atoms with Gasteiger partial charge < -0.3 is 14.8 Å². The zero-order chi connectivity index (χ0) is 23.6. The summed E-state index contributed by atoms with van der Waals surface area (Å²) in [7, 11) is 1.51. The maximum absolute atomic E-state index is 12.0. The normalized spacial score (nSPS) is 10.6. The second-order valence-corrected chi connectivity index (χ2v) is 7.61. The number of nitrogens with one attached hydrogen (secondary N) is 2. The Kier molecular flexibility index (Phi) is 8.36. The lowest BCUT2D eigenvalue weighted by Gasteiger charge is -2.13. The summed E-state index contributed by atoms with van der Waals surface area (Å²) < 4.78 is 11.9. The molecule has 0 bridgehead atoms. The quantitative estimate of drug-likeness (QED) is 0.234. The summed E-state index contributed by atoms with van der Waals surface area (Å²) in [5.74, 6) is 0.651. The molecule has 0 spiro atoms. The van der Waals surface area contributed by atoms with Gasteiger partial charge >= 0.3 is 0 Å². The second-order valence-electron chi connectivity index (χ2n) is 6.76. The molecule has 33 heavy (non-hydrogen) atoms. The lowest BCUT2D eigenvalue weighted by molar-refractivity contribution is -0.384. The number of nitro groups is 1. The number of anilines is 1. The Labute approximate surface area is 198 Å². The van der Waals surface area contributed by atoms with E-state index in [0.29, 0.717) is 21.5 Å². The highest BCUT2D eigenvalue weighted by Gasteiger charge is 2.12. The molecule has 3 aromatic rings. The van der Waals surface area contributed by atoms with Crippen LogP contribution in [0.1, 0.15) is 11.1 Å². The van der Waals surface area contributed by atoms with Crippen LogP contribution in [0.25, 0.3) is 0 Å². The molecule has 0 radical (unpaired) electrons. The third kappa shape index (κ3) is 7.04. The number of amides is 1. The minimum atomic E-state index is -0.452. The SMILES string of the molecule is COc1cc(/C=N\NC(=O)CNc2ccccc2)cc(Br)c1OCc1ccc([N+](=O)[O-])cc1. The van der Waals surface area contributed by atoms with Crippen molar-refractivity contribution >= 4 is 39.4 Å². The summed E-state index contributed by atoms with van der Waals surface area (Å²) in [5, 5.41) is 17.8. The Hall–Kier alpha value is -3.92. The largest absolute Gasteiger partial charge is 0.493 e. The predicted molar refractivity (Wildman–Crippen MR) is 129 cm³/mol. The molecule has 0 fully saturated rings. The number of carbonyl (C=O) groups excluding carboxylic acids is 1. The van der Waals surface area contributed by atoms with E-state index >= 15 is 0 Å². The molecule has 0 saturated carbocycles. The first kappa shape index (κ1) is 23.7. The van der Waals surface area contributed by atoms with Crippen molar-refractivity contribution in [3.8, 4) is 11.5 Å². The van der Waals surface area contributed by atoms with E-state index in [-0.39, 0.29) is 24.7 Å². The molecule has 0 saturated heterocycles. The third-order valence-electron chi connectivity index (χ3n) is 4.41. The fraction of sp³-hybridized carbons (Fsp3) is 0.130. The van der Waals surface area contributed by atoms with Crippen molar-refractivity contribution < 1.29 is 19.2 Å². The number of non-ortho nitro benzene ring substituents is 1. The number of para-hydroxylation sites is 1. The molecule has 3 rings (SSSR count). The monoisotopic (exact) mass is 512 g/mol. The number of benzene rings is 3. The number of rotatable bonds is 10. The molecule has 0 unspecified atom stereocenters. The van der Waals surface area contributed by atoms with E-state index in [1.54, 1.807) is 24.3 Å². The van der Waals surface area contributed by atoms with Gasteiger partial charge in [-0.15, -0.1) is 0 Å². The molecule has 0 aliphatic carbocycles. The van der Waals surface area contributed by atoms with Gasteiger partial charge in [0.25, 0.3) is 11.6 Å². The average Bonchev–Trinajstić information content (AvgIpc) is 2.82. The molecule has 0 aliphatic rings. The Bertz CT molecular complexity index is 1140. The van der Waals surface area contributed by atoms with Gasteiger partial charge in [-0.1, -0.05) is 18.2 Å². The molecule has 3 aromatic carbocycles. The molecule has 0 aromatic heterocycles. The van der Waals surface area contributed by atoms with E-state index in [4.69, 9.17) is 9.47 Å². The van der Waals surface area contributed by atoms with Gasteiger partial charge in [-0.05, 0) is 63.5 Å². The molecule has 0 aliphatic heterocycles. The smallest absolute Gasteiger partial charge is 0.269 e. The van der Waals surface area contributed by atoms with Gasteiger partial charge in [0, 0.05) is 17.8 Å². The molecule has 1 amide bonds. The van der Waals surface area contributed by atoms with Crippen molar-refractivity contribution in [3.05, 3.63) is 92.4 Å². The van der Waals surface area contributed by atoms with E-state index in [1.807, 2.05) is 30.3 Å². The highest BCUT2D eigenvalue weighted by molar-refractivity contribution is 9.10. The van der Waals surface area contributed by atoms with Crippen molar-refractivity contribution in [2.45, 2.75) is 6.61 Å². The van der Waals surface area contributed by atoms with E-state index in [0.717, 1.165) is 11.3 Å². The van der Waals surface area contributed by atoms with Gasteiger partial charge in [0.15, 0.2) is 11.5 Å². The van der Waals surface area contributed by atoms with Crippen LogP contribution < -0.4 is 20.2 Å². The Balaban J connectivity index is 1.58. The van der Waals surface area contributed by atoms with E-state index in [2.05, 4.69) is 31.8 Å². The van der Waals surface area contributed by atoms with E-state index in [1.165, 1.54) is 25.5 Å². The molecular formula is C23H21BrN4O5. The first-order chi connectivity index (χ1) is 16.0. The van der Waals surface area contributed by atoms with Gasteiger partial charge in [-0.3, -0.25) is 14.9 Å². The summed E-state index contributed by atoms with van der Waals surface area (Å²) in [5.41, 5.74) is 4.77. The number of hydrazone groups is 1. The van der Waals surface area contributed by atoms with E-state index < -0.39 is 4.92 Å². The highest BCUT2D eigenvalue weighted by atomic mass is 79.9. The number of nitro benzene ring substituents is 1. The fourth-order valence-electron chi connectivity index (χ4n) is 2.78. The van der Waals surface area contributed by atoms with Crippen LogP contribution in [0.3, 0.4) is 0 Å². The number of hydrogen-bond donors (Lipinski definition) is 2. The van der Waals surface area contributed by atoms with Crippen LogP contribution in [0.4, 0.5) is 11.4 Å². The molecule has 9 nitrogen and oxygen atoms in total. The first-order valence-electron chi connectivity index (χ1n) is 9.80. The topological polar surface area (TPSA) is 115 Å². The maximum Gasteiger partial charge on any atom is 0.269 e. The van der Waals surface area contributed by atoms with Gasteiger partial charge in [-0.25, -0.2) is 5.43 Å². The molecule has 10 heteroatoms. The van der Waals surface area contributed by atoms with Crippen LogP contribution in [-0.4, -0.2) is 30.7 Å². The minimum Gasteiger partial charge on any atom is -0.493 e. The second kappa shape index (κ2) is 11.6. The van der Waals surface area contributed by atoms with Gasteiger partial charge in [0.05, 0.1) is 29.3 Å². The molecule has 2 N–H and O–H groups in total. The summed E-state index contributed by atoms with van der Waals surface area (Å²) in [4.78, 5) is 22.3. The number of halogens is 1. The predicted octanol–water partition coefficient (Wildman–Crippen LogP) is 4.51. The van der Waals surface area contributed by atoms with Crippen LogP contribution >= 0.6 is 15.9 Å². The van der Waals surface area contributed by atoms with Crippen LogP contribution in [0, 0.1) is 10.1 Å². The zero-order valence-electron chi connectivity index (χ0n) is 17.7. The van der Waals surface area contributed by atoms with Crippen LogP contribution in [0.5, 0.6) is 11.5 Å². The lowest BCUT2D eigenvalue weighted by Crippen LogP contribution is -2.25. The van der Waals surface area contributed by atoms with Crippen molar-refractivity contribution in [1.29, 1.82) is 0 Å². The standard InChI is InChI=1S/C23H21BrN4O5/c1-32-21-12-17(13-26-27-22(29)14-25-18-5-3-2-4-6-18)11-20(24)23(21)33-15-16-7-9-19(10-8-16)28(30)31/h2-13,25H,14-15H2,1H3,(H,27,29)/b26-13-. The van der Waals surface area contributed by atoms with E-state index in [9.17, 15) is 14.9 Å². The van der Waals surface area contributed by atoms with Gasteiger partial charge in [0.1, 0.15) is 6.61 Å². The number of hydrogen-bond acceptors (Lipinski definition) is 7. The first-order valence-corrected chi connectivity index (χ1v) is 10.6. The summed E-state index contributed by atoms with van der Waals surface area (Å²) >= 11 is 3.46. The van der Waals surface area contributed by atoms with Crippen LogP contribution in [0.2, 0.25) is 0 Å². The third-order valence-corrected chi connectivity index (χ3v) is 5.00. The molecule has 0 atom stereocenters. The van der Waals surface area contributed by atoms with Crippen molar-refractivity contribution in [2.24, 2.45) is 5.10 Å². The summed E-state index contributed by atoms with van der Waals surface area (Å²) in [6.07, 6.45) is 1.49. The van der Waals surface area contributed by atoms with Gasteiger partial charge in [0.2, 0.25) is 0 Å². The van der Waals surface area contributed by atoms with Crippen LogP contribution in [-0.2, 0) is 11.4 Å². The average molecular weight is 513 g/mol. The number of carbonyl (C=O) groups is 1. The van der Waals surface area contributed by atoms with Gasteiger partial charge in [-0.2, -0.15) is 5.10 Å². The Morgan fingerprint density at radius 2 is 1.88 bits per heavy atom. The lowest BCUT2D eigenvalue weighted by atomic mass is 10.2. The minimum absolute atomic E-state index is 0.0177. The number of methoxy groups -OCH3 is 1. The number of ether oxygens (including phenoxy) is 2. The van der Waals surface area contributed by atoms with Crippen molar-refractivity contribution in [3.63, 3.8) is 0 Å². The summed E-state index contributed by atoms with van der Waals surface area (Å²) in [6.45, 7) is 0.286. The molecule has 170 valence electrons. The fourth-order valence-corrected chi connectivity index (χ4v) is 3.35.